The Balaban J connectivity index is 3.15. The number of rotatable bonds is 9. The van der Waals surface area contributed by atoms with Gasteiger partial charge in [-0.15, -0.1) is 0 Å². The number of carbonyl (C=O) groups excluding carboxylic acids is 1. The molecule has 0 bridgehead atoms. The first-order valence-electron chi connectivity index (χ1n) is 5.85. The molecule has 0 amide bonds. The number of ether oxygens (including phenoxy) is 1. The molecule has 2 nitrogen and oxygen atoms in total. The molecule has 90 valence electrons. The highest BCUT2D eigenvalue weighted by atomic mass is 16.5. The summed E-state index contributed by atoms with van der Waals surface area (Å²) in [5, 5.41) is 0. The normalized spacial score (nSPS) is 11.1. The second-order valence-electron chi connectivity index (χ2n) is 3.59. The van der Waals surface area contributed by atoms with Crippen LogP contribution in [0.3, 0.4) is 0 Å². The molecule has 0 aliphatic heterocycles. The fraction of sp³-hybridized carbons (Fsp3) is 0.500. The molecule has 0 fully saturated rings. The third-order valence-electron chi connectivity index (χ3n) is 2.06. The quantitative estimate of drug-likeness (QED) is 0.337. The molecule has 0 radical (unpaired) electrons. The Bertz CT molecular complexity index is 239. The van der Waals surface area contributed by atoms with Crippen LogP contribution in [0.4, 0.5) is 0 Å². The summed E-state index contributed by atoms with van der Waals surface area (Å²) in [6.45, 7) is 5.60. The first kappa shape index (κ1) is 14.7. The molecule has 0 aliphatic carbocycles. The number of unbranched alkanes of at least 4 members (excludes halogenated alkanes) is 4. The predicted molar refractivity (Wildman–Crippen MR) is 68.2 cm³/mol. The van der Waals surface area contributed by atoms with Gasteiger partial charge < -0.3 is 4.74 Å². The van der Waals surface area contributed by atoms with Crippen molar-refractivity contribution in [1.82, 2.24) is 0 Å². The van der Waals surface area contributed by atoms with Gasteiger partial charge in [0, 0.05) is 6.92 Å². The Morgan fingerprint density at radius 3 is 2.56 bits per heavy atom. The third-order valence-corrected chi connectivity index (χ3v) is 2.06. The molecule has 0 aromatic rings. The van der Waals surface area contributed by atoms with Crippen molar-refractivity contribution >= 4 is 5.97 Å². The zero-order chi connectivity index (χ0) is 12.1. The van der Waals surface area contributed by atoms with Crippen molar-refractivity contribution in [1.29, 1.82) is 0 Å². The van der Waals surface area contributed by atoms with Crippen LogP contribution >= 0.6 is 0 Å². The Morgan fingerprint density at radius 1 is 1.12 bits per heavy atom. The number of allylic oxidation sites excluding steroid dienone is 5. The SMILES string of the molecule is C=C/C=C/C=C\CCCCCCOC(C)=O. The molecule has 0 saturated carbocycles. The molecule has 0 aromatic heterocycles. The zero-order valence-electron chi connectivity index (χ0n) is 10.2. The lowest BCUT2D eigenvalue weighted by Crippen LogP contribution is -1.99. The van der Waals surface area contributed by atoms with Crippen LogP contribution in [-0.4, -0.2) is 12.6 Å². The zero-order valence-corrected chi connectivity index (χ0v) is 10.2. The Morgan fingerprint density at radius 2 is 1.88 bits per heavy atom. The van der Waals surface area contributed by atoms with E-state index in [4.69, 9.17) is 4.74 Å². The summed E-state index contributed by atoms with van der Waals surface area (Å²) in [5.41, 5.74) is 0. The molecule has 0 aliphatic rings. The van der Waals surface area contributed by atoms with Crippen LogP contribution in [-0.2, 0) is 9.53 Å². The van der Waals surface area contributed by atoms with Crippen molar-refractivity contribution in [3.8, 4) is 0 Å². The van der Waals surface area contributed by atoms with Crippen molar-refractivity contribution in [2.75, 3.05) is 6.61 Å². The fourth-order valence-electron chi connectivity index (χ4n) is 1.25. The number of esters is 1. The van der Waals surface area contributed by atoms with Crippen molar-refractivity contribution < 1.29 is 9.53 Å². The minimum absolute atomic E-state index is 0.183. The van der Waals surface area contributed by atoms with Gasteiger partial charge in [-0.05, 0) is 19.3 Å². The first-order valence-corrected chi connectivity index (χ1v) is 5.85. The number of hydrogen-bond acceptors (Lipinski definition) is 2. The average Bonchev–Trinajstić information content (AvgIpc) is 2.25. The van der Waals surface area contributed by atoms with Crippen LogP contribution in [0, 0.1) is 0 Å². The lowest BCUT2D eigenvalue weighted by molar-refractivity contribution is -0.141. The molecule has 0 rings (SSSR count). The maximum Gasteiger partial charge on any atom is 0.302 e. The summed E-state index contributed by atoms with van der Waals surface area (Å²) in [6, 6.07) is 0. The Labute approximate surface area is 98.7 Å². The van der Waals surface area contributed by atoms with Crippen LogP contribution in [0.15, 0.2) is 37.0 Å². The highest BCUT2D eigenvalue weighted by molar-refractivity contribution is 5.65. The Kier molecular flexibility index (Phi) is 10.8. The van der Waals surface area contributed by atoms with Gasteiger partial charge in [0.05, 0.1) is 6.61 Å². The topological polar surface area (TPSA) is 26.3 Å². The van der Waals surface area contributed by atoms with Gasteiger partial charge in [-0.25, -0.2) is 0 Å². The van der Waals surface area contributed by atoms with Gasteiger partial charge >= 0.3 is 5.97 Å². The molecule has 16 heavy (non-hydrogen) atoms. The van der Waals surface area contributed by atoms with E-state index in [9.17, 15) is 4.79 Å². The first-order chi connectivity index (χ1) is 7.77. The van der Waals surface area contributed by atoms with E-state index in [0.717, 1.165) is 19.3 Å². The van der Waals surface area contributed by atoms with Gasteiger partial charge in [0.25, 0.3) is 0 Å². The molecule has 0 heterocycles. The largest absolute Gasteiger partial charge is 0.466 e. The standard InChI is InChI=1S/C14H22O2/c1-3-4-5-6-7-8-9-10-11-12-13-16-14(2)15/h3-7H,1,8-13H2,2H3/b5-4+,7-6-. The minimum Gasteiger partial charge on any atom is -0.466 e. The van der Waals surface area contributed by atoms with E-state index in [1.54, 1.807) is 6.08 Å². The summed E-state index contributed by atoms with van der Waals surface area (Å²) in [6.07, 6.45) is 15.4. The molecule has 0 N–H and O–H groups in total. The molecule has 2 heteroatoms. The second-order valence-corrected chi connectivity index (χ2v) is 3.59. The van der Waals surface area contributed by atoms with Crippen LogP contribution < -0.4 is 0 Å². The second kappa shape index (κ2) is 11.8. The van der Waals surface area contributed by atoms with E-state index in [-0.39, 0.29) is 5.97 Å². The van der Waals surface area contributed by atoms with Crippen LogP contribution in [0.5, 0.6) is 0 Å². The third kappa shape index (κ3) is 12.7. The van der Waals surface area contributed by atoms with Gasteiger partial charge in [-0.1, -0.05) is 49.8 Å². The molecule has 0 saturated heterocycles. The molecule has 0 spiro atoms. The predicted octanol–water partition coefficient (Wildman–Crippen LogP) is 3.80. The molecular formula is C14H22O2. The smallest absolute Gasteiger partial charge is 0.302 e. The summed E-state index contributed by atoms with van der Waals surface area (Å²) in [5.74, 6) is -0.183. The fourth-order valence-corrected chi connectivity index (χ4v) is 1.25. The Hall–Kier alpha value is -1.31. The minimum atomic E-state index is -0.183. The van der Waals surface area contributed by atoms with E-state index in [1.807, 2.05) is 18.2 Å². The highest BCUT2D eigenvalue weighted by Gasteiger charge is 1.92. The van der Waals surface area contributed by atoms with Gasteiger partial charge in [-0.3, -0.25) is 4.79 Å². The molecule has 0 unspecified atom stereocenters. The van der Waals surface area contributed by atoms with Gasteiger partial charge in [0.2, 0.25) is 0 Å². The molecular weight excluding hydrogens is 200 g/mol. The van der Waals surface area contributed by atoms with Crippen molar-refractivity contribution in [2.45, 2.75) is 39.0 Å². The highest BCUT2D eigenvalue weighted by Crippen LogP contribution is 2.04. The van der Waals surface area contributed by atoms with Gasteiger partial charge in [-0.2, -0.15) is 0 Å². The van der Waals surface area contributed by atoms with E-state index < -0.39 is 0 Å². The van der Waals surface area contributed by atoms with Gasteiger partial charge in [0.1, 0.15) is 0 Å². The molecule has 0 atom stereocenters. The van der Waals surface area contributed by atoms with Crippen molar-refractivity contribution in [3.05, 3.63) is 37.0 Å². The van der Waals surface area contributed by atoms with Crippen LogP contribution in [0.1, 0.15) is 39.0 Å². The van der Waals surface area contributed by atoms with Crippen LogP contribution in [0.2, 0.25) is 0 Å². The molecule has 0 aromatic carbocycles. The van der Waals surface area contributed by atoms with Crippen molar-refractivity contribution in [3.63, 3.8) is 0 Å². The lowest BCUT2D eigenvalue weighted by atomic mass is 10.1. The summed E-state index contributed by atoms with van der Waals surface area (Å²) in [4.78, 5) is 10.5. The summed E-state index contributed by atoms with van der Waals surface area (Å²) < 4.78 is 4.84. The van der Waals surface area contributed by atoms with E-state index in [0.29, 0.717) is 6.61 Å². The van der Waals surface area contributed by atoms with E-state index in [1.165, 1.54) is 19.8 Å². The van der Waals surface area contributed by atoms with Crippen LogP contribution in [0.25, 0.3) is 0 Å². The monoisotopic (exact) mass is 222 g/mol. The lowest BCUT2D eigenvalue weighted by Gasteiger charge is -2.00. The van der Waals surface area contributed by atoms with Crippen molar-refractivity contribution in [2.24, 2.45) is 0 Å². The maximum atomic E-state index is 10.5. The average molecular weight is 222 g/mol. The summed E-state index contributed by atoms with van der Waals surface area (Å²) >= 11 is 0. The summed E-state index contributed by atoms with van der Waals surface area (Å²) in [7, 11) is 0. The van der Waals surface area contributed by atoms with E-state index in [2.05, 4.69) is 12.7 Å². The van der Waals surface area contributed by atoms with Gasteiger partial charge in [0.15, 0.2) is 0 Å². The number of hydrogen-bond donors (Lipinski definition) is 0. The maximum absolute atomic E-state index is 10.5. The van der Waals surface area contributed by atoms with E-state index >= 15 is 0 Å². The number of carbonyl (C=O) groups is 1.